The molecule has 2 fully saturated rings. The Bertz CT molecular complexity index is 366. The fraction of sp³-hybridized carbons (Fsp3) is 0.941. The average Bonchev–Trinajstić information content (AvgIpc) is 3.30. The summed E-state index contributed by atoms with van der Waals surface area (Å²) in [5.74, 6) is 0.749. The van der Waals surface area contributed by atoms with E-state index >= 15 is 0 Å². The second kappa shape index (κ2) is 6.66. The maximum Gasteiger partial charge on any atom is 0.326 e. The van der Waals surface area contributed by atoms with E-state index in [0.29, 0.717) is 24.7 Å². The number of nitrogens with one attached hydrogen (secondary N) is 1. The first-order valence-electron chi connectivity index (χ1n) is 8.54. The van der Waals surface area contributed by atoms with E-state index in [1.54, 1.807) is 0 Å². The monoisotopic (exact) mass is 296 g/mol. The highest BCUT2D eigenvalue weighted by Gasteiger charge is 2.42. The lowest BCUT2D eigenvalue weighted by Crippen LogP contribution is -2.55. The molecule has 122 valence electrons. The third kappa shape index (κ3) is 4.43. The van der Waals surface area contributed by atoms with Crippen molar-refractivity contribution in [1.82, 2.24) is 10.2 Å². The van der Waals surface area contributed by atoms with Gasteiger partial charge in [-0.05, 0) is 72.8 Å². The zero-order valence-electron chi connectivity index (χ0n) is 14.3. The Morgan fingerprint density at radius 3 is 2.43 bits per heavy atom. The van der Waals surface area contributed by atoms with Crippen molar-refractivity contribution in [2.75, 3.05) is 13.7 Å². The summed E-state index contributed by atoms with van der Waals surface area (Å²) in [6.07, 6.45) is 5.87. The van der Waals surface area contributed by atoms with Gasteiger partial charge in [0, 0.05) is 18.1 Å². The zero-order valence-corrected chi connectivity index (χ0v) is 14.3. The standard InChI is InChI=1S/C17H32N2O2/c1-6-21-16(20)17(4,18-15-9-10-15)11-12(2)19(5)13(3)14-7-8-14/h12-15,18H,6-11H2,1-5H3. The number of carbonyl (C=O) groups excluding carboxylic acids is 1. The lowest BCUT2D eigenvalue weighted by Gasteiger charge is -2.37. The molecule has 2 aliphatic carbocycles. The van der Waals surface area contributed by atoms with Crippen LogP contribution in [0.2, 0.25) is 0 Å². The van der Waals surface area contributed by atoms with Crippen LogP contribution in [0.5, 0.6) is 0 Å². The quantitative estimate of drug-likeness (QED) is 0.664. The van der Waals surface area contributed by atoms with Crippen molar-refractivity contribution in [3.8, 4) is 0 Å². The van der Waals surface area contributed by atoms with Crippen molar-refractivity contribution < 1.29 is 9.53 Å². The molecule has 1 N–H and O–H groups in total. The molecule has 0 radical (unpaired) electrons. The van der Waals surface area contributed by atoms with Crippen molar-refractivity contribution in [3.05, 3.63) is 0 Å². The molecule has 4 heteroatoms. The van der Waals surface area contributed by atoms with Crippen LogP contribution >= 0.6 is 0 Å². The Kier molecular flexibility index (Phi) is 5.31. The van der Waals surface area contributed by atoms with Crippen molar-refractivity contribution in [1.29, 1.82) is 0 Å². The lowest BCUT2D eigenvalue weighted by molar-refractivity contribution is -0.151. The molecule has 4 nitrogen and oxygen atoms in total. The SMILES string of the molecule is CCOC(=O)C(C)(CC(C)N(C)C(C)C1CC1)NC1CC1. The smallest absolute Gasteiger partial charge is 0.326 e. The highest BCUT2D eigenvalue weighted by Crippen LogP contribution is 2.36. The number of ether oxygens (including phenoxy) is 1. The molecule has 0 heterocycles. The van der Waals surface area contributed by atoms with Gasteiger partial charge in [0.05, 0.1) is 6.61 Å². The first-order chi connectivity index (χ1) is 9.87. The van der Waals surface area contributed by atoms with Gasteiger partial charge >= 0.3 is 5.97 Å². The minimum atomic E-state index is -0.561. The Balaban J connectivity index is 1.97. The van der Waals surface area contributed by atoms with Crippen LogP contribution in [0.3, 0.4) is 0 Å². The first kappa shape index (κ1) is 16.8. The topological polar surface area (TPSA) is 41.6 Å². The maximum absolute atomic E-state index is 12.4. The van der Waals surface area contributed by atoms with Crippen LogP contribution in [0.25, 0.3) is 0 Å². The second-order valence-electron chi connectivity index (χ2n) is 7.27. The molecule has 0 aromatic heterocycles. The van der Waals surface area contributed by atoms with Crippen molar-refractivity contribution >= 4 is 5.97 Å². The molecular weight excluding hydrogens is 264 g/mol. The molecule has 0 aromatic rings. The van der Waals surface area contributed by atoms with Gasteiger partial charge in [-0.1, -0.05) is 0 Å². The van der Waals surface area contributed by atoms with Crippen LogP contribution in [-0.2, 0) is 9.53 Å². The van der Waals surface area contributed by atoms with Crippen molar-refractivity contribution in [2.24, 2.45) is 5.92 Å². The van der Waals surface area contributed by atoms with Gasteiger partial charge in [-0.2, -0.15) is 0 Å². The van der Waals surface area contributed by atoms with E-state index in [9.17, 15) is 4.79 Å². The third-order valence-corrected chi connectivity index (χ3v) is 5.17. The fourth-order valence-electron chi connectivity index (χ4n) is 3.22. The summed E-state index contributed by atoms with van der Waals surface area (Å²) in [7, 11) is 2.19. The highest BCUT2D eigenvalue weighted by molar-refractivity contribution is 5.80. The van der Waals surface area contributed by atoms with Gasteiger partial charge < -0.3 is 9.64 Å². The molecule has 0 amide bonds. The molecule has 3 unspecified atom stereocenters. The van der Waals surface area contributed by atoms with Crippen LogP contribution in [0, 0.1) is 5.92 Å². The molecular formula is C17H32N2O2. The predicted molar refractivity (Wildman–Crippen MR) is 85.2 cm³/mol. The van der Waals surface area contributed by atoms with E-state index in [2.05, 4.69) is 31.1 Å². The molecule has 0 bridgehead atoms. The van der Waals surface area contributed by atoms with Crippen molar-refractivity contribution in [2.45, 2.75) is 83.5 Å². The molecule has 3 atom stereocenters. The number of nitrogens with zero attached hydrogens (tertiary/aromatic N) is 1. The van der Waals surface area contributed by atoms with E-state index in [4.69, 9.17) is 4.74 Å². The first-order valence-corrected chi connectivity index (χ1v) is 8.54. The summed E-state index contributed by atoms with van der Waals surface area (Å²) >= 11 is 0. The van der Waals surface area contributed by atoms with Gasteiger partial charge in [-0.15, -0.1) is 0 Å². The number of esters is 1. The summed E-state index contributed by atoms with van der Waals surface area (Å²) in [5, 5.41) is 3.52. The Labute approximate surface area is 129 Å². The van der Waals surface area contributed by atoms with Gasteiger partial charge in [0.25, 0.3) is 0 Å². The largest absolute Gasteiger partial charge is 0.465 e. The summed E-state index contributed by atoms with van der Waals surface area (Å²) in [6, 6.07) is 1.46. The summed E-state index contributed by atoms with van der Waals surface area (Å²) in [4.78, 5) is 14.8. The number of hydrogen-bond donors (Lipinski definition) is 1. The van der Waals surface area contributed by atoms with Gasteiger partial charge in [-0.3, -0.25) is 10.1 Å². The highest BCUT2D eigenvalue weighted by atomic mass is 16.5. The maximum atomic E-state index is 12.4. The number of rotatable bonds is 9. The van der Waals surface area contributed by atoms with Gasteiger partial charge in [-0.25, -0.2) is 0 Å². The molecule has 2 aliphatic rings. The molecule has 0 aromatic carbocycles. The second-order valence-corrected chi connectivity index (χ2v) is 7.27. The molecule has 2 saturated carbocycles. The van der Waals surface area contributed by atoms with Crippen LogP contribution < -0.4 is 5.32 Å². The zero-order chi connectivity index (χ0) is 15.6. The Hall–Kier alpha value is -0.610. The number of hydrogen-bond acceptors (Lipinski definition) is 4. The Morgan fingerprint density at radius 1 is 1.33 bits per heavy atom. The van der Waals surface area contributed by atoms with E-state index < -0.39 is 5.54 Å². The molecule has 0 saturated heterocycles. The van der Waals surface area contributed by atoms with Crippen LogP contribution in [0.4, 0.5) is 0 Å². The Morgan fingerprint density at radius 2 is 1.95 bits per heavy atom. The van der Waals surface area contributed by atoms with Crippen molar-refractivity contribution in [3.63, 3.8) is 0 Å². The van der Waals surface area contributed by atoms with Crippen LogP contribution in [0.15, 0.2) is 0 Å². The molecule has 0 aliphatic heterocycles. The van der Waals surface area contributed by atoms with E-state index in [1.165, 1.54) is 25.7 Å². The fourth-order valence-corrected chi connectivity index (χ4v) is 3.22. The summed E-state index contributed by atoms with van der Waals surface area (Å²) in [5.41, 5.74) is -0.561. The van der Waals surface area contributed by atoms with E-state index in [0.717, 1.165) is 12.3 Å². The number of carbonyl (C=O) groups is 1. The lowest BCUT2D eigenvalue weighted by atomic mass is 9.92. The molecule has 21 heavy (non-hydrogen) atoms. The van der Waals surface area contributed by atoms with E-state index in [-0.39, 0.29) is 5.97 Å². The normalized spacial score (nSPS) is 24.5. The molecule has 2 rings (SSSR count). The molecule has 0 spiro atoms. The third-order valence-electron chi connectivity index (χ3n) is 5.17. The summed E-state index contributed by atoms with van der Waals surface area (Å²) < 4.78 is 5.32. The minimum absolute atomic E-state index is 0.101. The summed E-state index contributed by atoms with van der Waals surface area (Å²) in [6.45, 7) is 8.87. The van der Waals surface area contributed by atoms with Crippen LogP contribution in [-0.4, -0.2) is 48.2 Å². The van der Waals surface area contributed by atoms with Gasteiger partial charge in [0.2, 0.25) is 0 Å². The average molecular weight is 296 g/mol. The van der Waals surface area contributed by atoms with E-state index in [1.807, 2.05) is 13.8 Å². The van der Waals surface area contributed by atoms with Crippen LogP contribution in [0.1, 0.15) is 59.8 Å². The van der Waals surface area contributed by atoms with Gasteiger partial charge in [0.15, 0.2) is 0 Å². The minimum Gasteiger partial charge on any atom is -0.465 e. The van der Waals surface area contributed by atoms with Gasteiger partial charge in [0.1, 0.15) is 5.54 Å². The predicted octanol–water partition coefficient (Wildman–Crippen LogP) is 2.57.